The second-order valence-electron chi connectivity index (χ2n) is 7.41. The van der Waals surface area contributed by atoms with Gasteiger partial charge in [-0.15, -0.1) is 0 Å². The number of ether oxygens (including phenoxy) is 1. The summed E-state index contributed by atoms with van der Waals surface area (Å²) in [7, 11) is 1.56. The number of methoxy groups -OCH3 is 1. The van der Waals surface area contributed by atoms with E-state index in [1.165, 1.54) is 4.57 Å². The van der Waals surface area contributed by atoms with Crippen molar-refractivity contribution in [3.63, 3.8) is 0 Å². The van der Waals surface area contributed by atoms with E-state index in [2.05, 4.69) is 10.3 Å². The van der Waals surface area contributed by atoms with Crippen LogP contribution < -0.4 is 15.6 Å². The van der Waals surface area contributed by atoms with Crippen LogP contribution >= 0.6 is 0 Å². The molecule has 2 aromatic carbocycles. The van der Waals surface area contributed by atoms with Crippen LogP contribution in [-0.2, 0) is 6.54 Å². The van der Waals surface area contributed by atoms with Crippen molar-refractivity contribution in [3.8, 4) is 5.75 Å². The van der Waals surface area contributed by atoms with Crippen LogP contribution in [0.2, 0.25) is 0 Å². The van der Waals surface area contributed by atoms with Crippen LogP contribution in [0.3, 0.4) is 0 Å². The number of aryl methyl sites for hydroxylation is 1. The van der Waals surface area contributed by atoms with E-state index >= 15 is 0 Å². The summed E-state index contributed by atoms with van der Waals surface area (Å²) >= 11 is 0. The minimum absolute atomic E-state index is 0.0265. The summed E-state index contributed by atoms with van der Waals surface area (Å²) in [6, 6.07) is 5.24. The Kier molecular flexibility index (Phi) is 6.33. The number of nitrogens with zero attached hydrogens (tertiary/aromatic N) is 2. The maximum absolute atomic E-state index is 13.9. The lowest BCUT2D eigenvalue weighted by molar-refractivity contribution is 0.407. The molecular formula is C22H21F4N3O2. The molecule has 0 saturated carbocycles. The molecule has 0 aliphatic heterocycles. The second-order valence-corrected chi connectivity index (χ2v) is 7.41. The van der Waals surface area contributed by atoms with Gasteiger partial charge in [0.05, 0.1) is 13.7 Å². The molecule has 3 aromatic rings. The van der Waals surface area contributed by atoms with Gasteiger partial charge in [-0.1, -0.05) is 13.8 Å². The van der Waals surface area contributed by atoms with E-state index in [4.69, 9.17) is 4.74 Å². The minimum Gasteiger partial charge on any atom is -0.496 e. The molecule has 1 heterocycles. The van der Waals surface area contributed by atoms with Gasteiger partial charge in [-0.3, -0.25) is 4.79 Å². The molecule has 31 heavy (non-hydrogen) atoms. The van der Waals surface area contributed by atoms with Crippen molar-refractivity contribution in [2.75, 3.05) is 12.4 Å². The largest absolute Gasteiger partial charge is 0.496 e. The lowest BCUT2D eigenvalue weighted by Gasteiger charge is -2.19. The Balaban J connectivity index is 2.06. The number of anilines is 2. The first kappa shape index (κ1) is 22.3. The Morgan fingerprint density at radius 3 is 2.29 bits per heavy atom. The molecule has 0 spiro atoms. The van der Waals surface area contributed by atoms with Gasteiger partial charge in [0.2, 0.25) is 11.8 Å². The smallest absolute Gasteiger partial charge is 0.310 e. The van der Waals surface area contributed by atoms with Crippen molar-refractivity contribution in [2.24, 2.45) is 0 Å². The molecule has 0 unspecified atom stereocenters. The number of hydrogen-bond donors (Lipinski definition) is 1. The number of nitrogens with one attached hydrogen (secondary N) is 1. The molecule has 0 aliphatic carbocycles. The molecule has 0 aliphatic rings. The summed E-state index contributed by atoms with van der Waals surface area (Å²) in [6.07, 6.45) is 0.874. The summed E-state index contributed by atoms with van der Waals surface area (Å²) in [5.41, 5.74) is 1.19. The van der Waals surface area contributed by atoms with Gasteiger partial charge in [0.15, 0.2) is 17.5 Å². The fourth-order valence-corrected chi connectivity index (χ4v) is 3.16. The van der Waals surface area contributed by atoms with Gasteiger partial charge in [0, 0.05) is 11.9 Å². The summed E-state index contributed by atoms with van der Waals surface area (Å²) < 4.78 is 60.9. The molecule has 0 bridgehead atoms. The first-order chi connectivity index (χ1) is 14.6. The van der Waals surface area contributed by atoms with Crippen LogP contribution in [0.1, 0.15) is 36.5 Å². The predicted octanol–water partition coefficient (Wildman–Crippen LogP) is 5.03. The quantitative estimate of drug-likeness (QED) is 0.436. The van der Waals surface area contributed by atoms with E-state index in [1.807, 2.05) is 32.9 Å². The van der Waals surface area contributed by atoms with Crippen LogP contribution in [0.5, 0.6) is 5.75 Å². The van der Waals surface area contributed by atoms with Gasteiger partial charge in [-0.2, -0.15) is 9.37 Å². The molecule has 5 nitrogen and oxygen atoms in total. The monoisotopic (exact) mass is 435 g/mol. The highest BCUT2D eigenvalue weighted by Crippen LogP contribution is 2.33. The number of rotatable bonds is 6. The second kappa shape index (κ2) is 8.79. The lowest BCUT2D eigenvalue weighted by Crippen LogP contribution is -2.20. The van der Waals surface area contributed by atoms with Crippen molar-refractivity contribution in [2.45, 2.75) is 33.2 Å². The number of hydrogen-bond acceptors (Lipinski definition) is 4. The number of benzene rings is 2. The van der Waals surface area contributed by atoms with Gasteiger partial charge < -0.3 is 14.6 Å². The summed E-state index contributed by atoms with van der Waals surface area (Å²) in [4.78, 5) is 15.5. The van der Waals surface area contributed by atoms with E-state index in [1.54, 1.807) is 7.11 Å². The third-order valence-electron chi connectivity index (χ3n) is 4.79. The predicted molar refractivity (Wildman–Crippen MR) is 109 cm³/mol. The first-order valence-corrected chi connectivity index (χ1v) is 9.46. The van der Waals surface area contributed by atoms with Crippen molar-refractivity contribution in [3.05, 3.63) is 80.8 Å². The highest BCUT2D eigenvalue weighted by molar-refractivity contribution is 5.63. The highest BCUT2D eigenvalue weighted by atomic mass is 19.2. The maximum atomic E-state index is 13.9. The highest BCUT2D eigenvalue weighted by Gasteiger charge is 2.16. The summed E-state index contributed by atoms with van der Waals surface area (Å²) in [5, 5.41) is 2.98. The van der Waals surface area contributed by atoms with E-state index in [9.17, 15) is 22.4 Å². The molecule has 164 valence electrons. The fourth-order valence-electron chi connectivity index (χ4n) is 3.16. The Hall–Kier alpha value is -3.36. The van der Waals surface area contributed by atoms with Gasteiger partial charge in [-0.05, 0) is 53.8 Å². The van der Waals surface area contributed by atoms with Crippen LogP contribution in [0.15, 0.2) is 35.3 Å². The fraction of sp³-hybridized carbons (Fsp3) is 0.273. The molecular weight excluding hydrogens is 414 g/mol. The van der Waals surface area contributed by atoms with E-state index < -0.39 is 28.8 Å². The average Bonchev–Trinajstić information content (AvgIpc) is 2.70. The molecule has 3 rings (SSSR count). The van der Waals surface area contributed by atoms with E-state index in [0.29, 0.717) is 11.4 Å². The van der Waals surface area contributed by atoms with Gasteiger partial charge in [0.1, 0.15) is 5.75 Å². The molecule has 0 atom stereocenters. The van der Waals surface area contributed by atoms with Gasteiger partial charge in [0.25, 0.3) is 0 Å². The molecule has 9 heteroatoms. The van der Waals surface area contributed by atoms with Crippen molar-refractivity contribution in [1.29, 1.82) is 0 Å². The lowest BCUT2D eigenvalue weighted by atomic mass is 9.99. The zero-order valence-electron chi connectivity index (χ0n) is 17.4. The Bertz CT molecular complexity index is 1170. The molecule has 0 fully saturated rings. The molecule has 1 N–H and O–H groups in total. The van der Waals surface area contributed by atoms with Crippen molar-refractivity contribution >= 4 is 11.6 Å². The van der Waals surface area contributed by atoms with Gasteiger partial charge in [-0.25, -0.2) is 13.2 Å². The maximum Gasteiger partial charge on any atom is 0.310 e. The van der Waals surface area contributed by atoms with E-state index in [-0.39, 0.29) is 24.0 Å². The normalized spacial score (nSPS) is 11.1. The molecule has 0 amide bonds. The molecule has 0 radical (unpaired) electrons. The minimum atomic E-state index is -1.60. The Morgan fingerprint density at radius 1 is 1.06 bits per heavy atom. The summed E-state index contributed by atoms with van der Waals surface area (Å²) in [5.74, 6) is -4.69. The van der Waals surface area contributed by atoms with Gasteiger partial charge >= 0.3 is 5.56 Å². The van der Waals surface area contributed by atoms with Crippen LogP contribution in [0.25, 0.3) is 0 Å². The van der Waals surface area contributed by atoms with Crippen LogP contribution in [0, 0.1) is 30.2 Å². The average molecular weight is 435 g/mol. The topological polar surface area (TPSA) is 56.1 Å². The zero-order chi connectivity index (χ0) is 22.9. The first-order valence-electron chi connectivity index (χ1n) is 9.46. The SMILES string of the molecule is COc1cc(C)c(Nc2nc(=O)c(F)cn2Cc2cc(F)c(F)c(F)c2)cc1C(C)C. The summed E-state index contributed by atoms with van der Waals surface area (Å²) in [6.45, 7) is 5.53. The number of aromatic nitrogens is 2. The molecule has 0 saturated heterocycles. The van der Waals surface area contributed by atoms with Crippen LogP contribution in [-0.4, -0.2) is 16.7 Å². The Labute approximate surface area is 176 Å². The third-order valence-corrected chi connectivity index (χ3v) is 4.79. The van der Waals surface area contributed by atoms with Crippen molar-refractivity contribution in [1.82, 2.24) is 9.55 Å². The number of halogens is 4. The van der Waals surface area contributed by atoms with E-state index in [0.717, 1.165) is 29.5 Å². The Morgan fingerprint density at radius 2 is 1.71 bits per heavy atom. The van der Waals surface area contributed by atoms with Crippen molar-refractivity contribution < 1.29 is 22.3 Å². The van der Waals surface area contributed by atoms with Crippen LogP contribution in [0.4, 0.5) is 29.2 Å². The molecule has 1 aromatic heterocycles. The standard InChI is InChI=1S/C22H21F4N3O2/c1-11(2)14-8-18(12(3)5-19(14)31-4)27-22-28-21(30)17(25)10-29(22)9-13-6-15(23)20(26)16(24)7-13/h5-8,10-11H,9H2,1-4H3,(H,27,28,30). The zero-order valence-corrected chi connectivity index (χ0v) is 17.4. The third kappa shape index (κ3) is 4.70.